The number of halogens is 3. The lowest BCUT2D eigenvalue weighted by molar-refractivity contribution is -0.139. The molecule has 0 aliphatic heterocycles. The second kappa shape index (κ2) is 7.84. The van der Waals surface area contributed by atoms with Gasteiger partial charge in [-0.3, -0.25) is 10.2 Å². The fourth-order valence-electron chi connectivity index (χ4n) is 2.15. The summed E-state index contributed by atoms with van der Waals surface area (Å²) in [5.41, 5.74) is 0.515. The van der Waals surface area contributed by atoms with E-state index < -0.39 is 32.6 Å². The van der Waals surface area contributed by atoms with Crippen LogP contribution >= 0.6 is 0 Å². The summed E-state index contributed by atoms with van der Waals surface area (Å²) in [6.07, 6.45) is -4.88. The Labute approximate surface area is 153 Å². The van der Waals surface area contributed by atoms with Crippen LogP contribution in [0, 0.1) is 0 Å². The van der Waals surface area contributed by atoms with Crippen LogP contribution in [-0.2, 0) is 16.2 Å². The summed E-state index contributed by atoms with van der Waals surface area (Å²) in [6, 6.07) is 7.64. The van der Waals surface area contributed by atoms with E-state index in [4.69, 9.17) is 9.47 Å². The Morgan fingerprint density at radius 2 is 1.63 bits per heavy atom. The SMILES string of the molecule is COc1ccc(C(=O)NNS(=O)(=O)c2ccccc2C(F)(F)F)cc1OC. The Morgan fingerprint density at radius 1 is 1.00 bits per heavy atom. The van der Waals surface area contributed by atoms with E-state index in [1.165, 1.54) is 32.4 Å². The summed E-state index contributed by atoms with van der Waals surface area (Å²) < 4.78 is 73.4. The number of ether oxygens (including phenoxy) is 2. The lowest BCUT2D eigenvalue weighted by atomic mass is 10.2. The van der Waals surface area contributed by atoms with E-state index in [2.05, 4.69) is 0 Å². The van der Waals surface area contributed by atoms with Crippen LogP contribution in [0.2, 0.25) is 0 Å². The molecule has 0 aliphatic rings. The third kappa shape index (κ3) is 4.68. The maximum Gasteiger partial charge on any atom is 0.417 e. The van der Waals surface area contributed by atoms with Crippen LogP contribution in [0.25, 0.3) is 0 Å². The molecule has 2 aromatic rings. The Hall–Kier alpha value is -2.79. The minimum absolute atomic E-state index is 0.000503. The van der Waals surface area contributed by atoms with Gasteiger partial charge in [-0.05, 0) is 30.3 Å². The molecule has 1 amide bonds. The number of hydrogen-bond acceptors (Lipinski definition) is 5. The van der Waals surface area contributed by atoms with Crippen molar-refractivity contribution in [3.05, 3.63) is 53.6 Å². The molecule has 0 aliphatic carbocycles. The number of benzene rings is 2. The molecule has 0 aromatic heterocycles. The Kier molecular flexibility index (Phi) is 5.96. The molecule has 0 saturated heterocycles. The van der Waals surface area contributed by atoms with Crippen LogP contribution < -0.4 is 19.7 Å². The number of amides is 1. The second-order valence-corrected chi connectivity index (χ2v) is 6.77. The molecular weight excluding hydrogens is 389 g/mol. The first-order valence-corrected chi connectivity index (χ1v) is 8.79. The predicted octanol–water partition coefficient (Wildman–Crippen LogP) is 2.35. The standard InChI is InChI=1S/C16H15F3N2O5S/c1-25-12-8-7-10(9-13(12)26-2)15(22)20-21-27(23,24)14-6-4-3-5-11(14)16(17,18)19/h3-9,21H,1-2H3,(H,20,22). The number of carbonyl (C=O) groups is 1. The first-order valence-electron chi connectivity index (χ1n) is 7.30. The molecule has 7 nitrogen and oxygen atoms in total. The highest BCUT2D eigenvalue weighted by molar-refractivity contribution is 7.89. The van der Waals surface area contributed by atoms with E-state index in [9.17, 15) is 26.4 Å². The number of alkyl halides is 3. The van der Waals surface area contributed by atoms with Crippen LogP contribution in [0.4, 0.5) is 13.2 Å². The fourth-order valence-corrected chi connectivity index (χ4v) is 3.22. The van der Waals surface area contributed by atoms with Gasteiger partial charge in [0.25, 0.3) is 15.9 Å². The maximum atomic E-state index is 13.0. The zero-order chi connectivity index (χ0) is 20.2. The molecule has 0 saturated carbocycles. The molecular formula is C16H15F3N2O5S. The minimum atomic E-state index is -4.88. The van der Waals surface area contributed by atoms with Gasteiger partial charge in [0.1, 0.15) is 0 Å². The molecule has 146 valence electrons. The average molecular weight is 404 g/mol. The second-order valence-electron chi connectivity index (χ2n) is 5.12. The molecule has 27 heavy (non-hydrogen) atoms. The van der Waals surface area contributed by atoms with E-state index in [0.29, 0.717) is 11.8 Å². The molecule has 0 spiro atoms. The van der Waals surface area contributed by atoms with Gasteiger partial charge in [0.15, 0.2) is 11.5 Å². The summed E-state index contributed by atoms with van der Waals surface area (Å²) in [6.45, 7) is 0. The van der Waals surface area contributed by atoms with Crippen molar-refractivity contribution < 1.29 is 35.9 Å². The van der Waals surface area contributed by atoms with Gasteiger partial charge in [0, 0.05) is 5.56 Å². The van der Waals surface area contributed by atoms with Crippen molar-refractivity contribution in [2.24, 2.45) is 0 Å². The summed E-state index contributed by atoms with van der Waals surface area (Å²) in [7, 11) is -1.93. The minimum Gasteiger partial charge on any atom is -0.493 e. The largest absolute Gasteiger partial charge is 0.493 e. The van der Waals surface area contributed by atoms with Gasteiger partial charge >= 0.3 is 6.18 Å². The van der Waals surface area contributed by atoms with Crippen LogP contribution in [0.5, 0.6) is 11.5 Å². The molecule has 0 bridgehead atoms. The zero-order valence-electron chi connectivity index (χ0n) is 14.1. The molecule has 2 rings (SSSR count). The number of carbonyl (C=O) groups excluding carboxylic acids is 1. The number of hydrogen-bond donors (Lipinski definition) is 2. The summed E-state index contributed by atoms with van der Waals surface area (Å²) in [5.74, 6) is -0.340. The smallest absolute Gasteiger partial charge is 0.417 e. The predicted molar refractivity (Wildman–Crippen MR) is 88.8 cm³/mol. The van der Waals surface area contributed by atoms with E-state index in [0.717, 1.165) is 18.2 Å². The number of hydrazine groups is 1. The van der Waals surface area contributed by atoms with Gasteiger partial charge in [-0.2, -0.15) is 13.2 Å². The number of methoxy groups -OCH3 is 2. The van der Waals surface area contributed by atoms with Gasteiger partial charge < -0.3 is 9.47 Å². The Bertz CT molecular complexity index is 945. The third-order valence-corrected chi connectivity index (χ3v) is 4.73. The van der Waals surface area contributed by atoms with Crippen molar-refractivity contribution in [1.29, 1.82) is 0 Å². The van der Waals surface area contributed by atoms with Crippen molar-refractivity contribution in [1.82, 2.24) is 10.3 Å². The van der Waals surface area contributed by atoms with Gasteiger partial charge in [0.2, 0.25) is 0 Å². The fraction of sp³-hybridized carbons (Fsp3) is 0.188. The van der Waals surface area contributed by atoms with E-state index >= 15 is 0 Å². The molecule has 0 unspecified atom stereocenters. The summed E-state index contributed by atoms with van der Waals surface area (Å²) >= 11 is 0. The molecule has 0 atom stereocenters. The highest BCUT2D eigenvalue weighted by atomic mass is 32.2. The highest BCUT2D eigenvalue weighted by Gasteiger charge is 2.37. The normalized spacial score (nSPS) is 11.7. The Morgan fingerprint density at radius 3 is 2.22 bits per heavy atom. The zero-order valence-corrected chi connectivity index (χ0v) is 14.9. The summed E-state index contributed by atoms with van der Waals surface area (Å²) in [4.78, 5) is 12.8. The van der Waals surface area contributed by atoms with Crippen molar-refractivity contribution >= 4 is 15.9 Å². The number of sulfonamides is 1. The molecule has 11 heteroatoms. The number of rotatable bonds is 6. The van der Waals surface area contributed by atoms with Crippen LogP contribution in [0.3, 0.4) is 0 Å². The van der Waals surface area contributed by atoms with Gasteiger partial charge in [-0.1, -0.05) is 12.1 Å². The van der Waals surface area contributed by atoms with Crippen molar-refractivity contribution in [2.75, 3.05) is 14.2 Å². The average Bonchev–Trinajstić information content (AvgIpc) is 2.64. The highest BCUT2D eigenvalue weighted by Crippen LogP contribution is 2.33. The van der Waals surface area contributed by atoms with Crippen LogP contribution in [-0.4, -0.2) is 28.5 Å². The first-order chi connectivity index (χ1) is 12.6. The third-order valence-electron chi connectivity index (χ3n) is 3.43. The van der Waals surface area contributed by atoms with E-state index in [-0.39, 0.29) is 11.3 Å². The molecule has 0 fully saturated rings. The molecule has 2 N–H and O–H groups in total. The molecule has 0 radical (unpaired) electrons. The van der Waals surface area contributed by atoms with Crippen LogP contribution in [0.1, 0.15) is 15.9 Å². The maximum absolute atomic E-state index is 13.0. The molecule has 0 heterocycles. The quantitative estimate of drug-likeness (QED) is 0.721. The van der Waals surface area contributed by atoms with Crippen molar-refractivity contribution in [3.8, 4) is 11.5 Å². The topological polar surface area (TPSA) is 93.7 Å². The van der Waals surface area contributed by atoms with Gasteiger partial charge in [-0.25, -0.2) is 8.42 Å². The van der Waals surface area contributed by atoms with Gasteiger partial charge in [-0.15, -0.1) is 4.83 Å². The number of nitrogens with one attached hydrogen (secondary N) is 2. The summed E-state index contributed by atoms with van der Waals surface area (Å²) in [5, 5.41) is 0. The first kappa shape index (κ1) is 20.5. The monoisotopic (exact) mass is 404 g/mol. The van der Waals surface area contributed by atoms with Gasteiger partial charge in [0.05, 0.1) is 24.7 Å². The van der Waals surface area contributed by atoms with Crippen molar-refractivity contribution in [3.63, 3.8) is 0 Å². The lowest BCUT2D eigenvalue weighted by Gasteiger charge is -2.14. The van der Waals surface area contributed by atoms with Crippen LogP contribution in [0.15, 0.2) is 47.4 Å². The lowest BCUT2D eigenvalue weighted by Crippen LogP contribution is -2.42. The van der Waals surface area contributed by atoms with Crippen molar-refractivity contribution in [2.45, 2.75) is 11.1 Å². The Balaban J connectivity index is 2.22. The van der Waals surface area contributed by atoms with E-state index in [1.807, 2.05) is 5.43 Å². The molecule has 2 aromatic carbocycles. The van der Waals surface area contributed by atoms with E-state index in [1.54, 1.807) is 4.83 Å².